The second-order valence-electron chi connectivity index (χ2n) is 13.8. The van der Waals surface area contributed by atoms with Crippen molar-refractivity contribution in [1.29, 1.82) is 0 Å². The first-order valence-electron chi connectivity index (χ1n) is 13.5. The lowest BCUT2D eigenvalue weighted by Gasteiger charge is -2.61. The normalized spacial score (nSPS) is 57.6. The molecule has 0 aromatic heterocycles. The Bertz CT molecular complexity index is 1220. The van der Waals surface area contributed by atoms with E-state index in [-0.39, 0.29) is 22.7 Å². The van der Waals surface area contributed by atoms with Crippen LogP contribution in [0.5, 0.6) is 0 Å². The van der Waals surface area contributed by atoms with E-state index in [0.717, 1.165) is 24.0 Å². The van der Waals surface area contributed by atoms with Gasteiger partial charge < -0.3 is 19.7 Å². The summed E-state index contributed by atoms with van der Waals surface area (Å²) in [6.07, 6.45) is 1.07. The summed E-state index contributed by atoms with van der Waals surface area (Å²) in [6.45, 7) is 16.6. The Balaban J connectivity index is 1.40. The highest BCUT2D eigenvalue weighted by Crippen LogP contribution is 2.79. The van der Waals surface area contributed by atoms with Gasteiger partial charge in [-0.25, -0.2) is 9.59 Å². The molecule has 190 valence electrons. The topological polar surface area (TPSA) is 93.1 Å². The van der Waals surface area contributed by atoms with E-state index < -0.39 is 35.3 Å². The fraction of sp³-hybridized carbons (Fsp3) is 0.667. The van der Waals surface area contributed by atoms with Crippen LogP contribution in [0.15, 0.2) is 46.6 Å². The van der Waals surface area contributed by atoms with Gasteiger partial charge in [0.2, 0.25) is 0 Å². The molecule has 0 unspecified atom stereocenters. The fourth-order valence-corrected chi connectivity index (χ4v) is 10.9. The SMILES string of the molecule is C=C1[C@H]2C[C@H]2[C@]2(C)C[C@@]3([C@@]45C[C@@]6(C)[C@@H]7C[C@@H]7C(=C)[C@H]6[C@@H](O)C4=C(C)C(=O)O5)OC(=O)C(C)=C3[C@H](O)[C@@H]12. The minimum absolute atomic E-state index is 0.160. The highest BCUT2D eigenvalue weighted by molar-refractivity contribution is 5.97. The number of rotatable bonds is 1. The lowest BCUT2D eigenvalue weighted by Crippen LogP contribution is -2.69. The molecule has 6 aliphatic carbocycles. The molecule has 6 fully saturated rings. The zero-order chi connectivity index (χ0) is 25.5. The average Bonchev–Trinajstić information content (AvgIpc) is 3.67. The number of aliphatic hydroxyl groups excluding tert-OH is 2. The summed E-state index contributed by atoms with van der Waals surface area (Å²) in [6, 6.07) is 0. The van der Waals surface area contributed by atoms with Crippen LogP contribution in [0.1, 0.15) is 53.4 Å². The largest absolute Gasteiger partial charge is 0.446 e. The van der Waals surface area contributed by atoms with Gasteiger partial charge in [-0.2, -0.15) is 0 Å². The second kappa shape index (κ2) is 5.78. The van der Waals surface area contributed by atoms with Crippen LogP contribution in [-0.4, -0.2) is 45.6 Å². The number of carbonyl (C=O) groups excluding carboxylic acids is 2. The van der Waals surface area contributed by atoms with Crippen molar-refractivity contribution in [2.75, 3.05) is 0 Å². The van der Waals surface area contributed by atoms with E-state index in [1.807, 2.05) is 0 Å². The molecule has 6 heteroatoms. The second-order valence-corrected chi connectivity index (χ2v) is 13.8. The highest BCUT2D eigenvalue weighted by Gasteiger charge is 2.82. The van der Waals surface area contributed by atoms with Crippen molar-refractivity contribution in [1.82, 2.24) is 0 Å². The summed E-state index contributed by atoms with van der Waals surface area (Å²) in [4.78, 5) is 26.7. The molecule has 12 atom stereocenters. The van der Waals surface area contributed by atoms with Gasteiger partial charge in [0.05, 0.1) is 12.2 Å². The predicted molar refractivity (Wildman–Crippen MR) is 129 cm³/mol. The van der Waals surface area contributed by atoms with Crippen LogP contribution in [0.4, 0.5) is 0 Å². The third-order valence-corrected chi connectivity index (χ3v) is 12.4. The van der Waals surface area contributed by atoms with Crippen molar-refractivity contribution in [2.45, 2.75) is 76.8 Å². The molecule has 2 N–H and O–H groups in total. The minimum atomic E-state index is -1.34. The summed E-state index contributed by atoms with van der Waals surface area (Å²) in [5, 5.41) is 24.0. The van der Waals surface area contributed by atoms with Gasteiger partial charge in [-0.15, -0.1) is 0 Å². The Morgan fingerprint density at radius 2 is 1.11 bits per heavy atom. The first kappa shape index (κ1) is 21.9. The summed E-state index contributed by atoms with van der Waals surface area (Å²) in [7, 11) is 0. The van der Waals surface area contributed by atoms with Crippen LogP contribution < -0.4 is 0 Å². The van der Waals surface area contributed by atoms with Gasteiger partial charge in [0, 0.05) is 47.0 Å². The Labute approximate surface area is 211 Å². The van der Waals surface area contributed by atoms with Crippen LogP contribution in [-0.2, 0) is 19.1 Å². The maximum Gasteiger partial charge on any atom is 0.334 e. The fourth-order valence-electron chi connectivity index (χ4n) is 10.9. The Morgan fingerprint density at radius 3 is 1.47 bits per heavy atom. The minimum Gasteiger partial charge on any atom is -0.446 e. The standard InChI is InChI=1S/C30H34O6/c1-11-15-7-17(15)27(5)9-29(21(23(31)19(11)27)13(3)25(33)35-29)30-10-28(6)18-8-16(18)12(2)20(28)24(32)22(30)14(4)26(34)36-30/h15-20,23-24,31-32H,1-2,7-10H2,3-6H3/t15-,16-,17-,18-,19-,20+,23-,24-,27+,28+,29-,30-/m1/s1. The van der Waals surface area contributed by atoms with Gasteiger partial charge >= 0.3 is 11.9 Å². The van der Waals surface area contributed by atoms with Gasteiger partial charge in [-0.05, 0) is 61.2 Å². The third kappa shape index (κ3) is 1.94. The molecule has 0 aromatic carbocycles. The molecule has 0 radical (unpaired) electrons. The zero-order valence-corrected chi connectivity index (χ0v) is 21.4. The molecule has 0 spiro atoms. The van der Waals surface area contributed by atoms with Crippen LogP contribution in [0.25, 0.3) is 0 Å². The summed E-state index contributed by atoms with van der Waals surface area (Å²) in [5.41, 5.74) is 0.630. The quantitative estimate of drug-likeness (QED) is 0.432. The predicted octanol–water partition coefficient (Wildman–Crippen LogP) is 3.40. The van der Waals surface area contributed by atoms with Crippen molar-refractivity contribution < 1.29 is 29.3 Å². The summed E-state index contributed by atoms with van der Waals surface area (Å²) < 4.78 is 12.8. The van der Waals surface area contributed by atoms with Crippen LogP contribution in [0, 0.1) is 46.3 Å². The lowest BCUT2D eigenvalue weighted by atomic mass is 9.47. The molecule has 2 aliphatic heterocycles. The van der Waals surface area contributed by atoms with E-state index in [0.29, 0.717) is 58.8 Å². The number of ether oxygens (including phenoxy) is 2. The summed E-state index contributed by atoms with van der Waals surface area (Å²) in [5.74, 6) is 0.224. The molecule has 0 bridgehead atoms. The van der Waals surface area contributed by atoms with Crippen molar-refractivity contribution >= 4 is 11.9 Å². The molecule has 8 rings (SSSR count). The molecule has 0 aromatic rings. The maximum absolute atomic E-state index is 13.3. The Hall–Kier alpha value is -2.18. The molecule has 6 nitrogen and oxygen atoms in total. The number of esters is 2. The molecular formula is C30H34O6. The van der Waals surface area contributed by atoms with Gasteiger partial charge in [0.25, 0.3) is 0 Å². The molecule has 2 heterocycles. The van der Waals surface area contributed by atoms with Gasteiger partial charge in [-0.3, -0.25) is 0 Å². The van der Waals surface area contributed by atoms with Crippen LogP contribution in [0.2, 0.25) is 0 Å². The number of carbonyl (C=O) groups is 2. The third-order valence-electron chi connectivity index (χ3n) is 12.4. The van der Waals surface area contributed by atoms with Crippen LogP contribution >= 0.6 is 0 Å². The zero-order valence-electron chi connectivity index (χ0n) is 21.4. The van der Waals surface area contributed by atoms with Crippen molar-refractivity contribution in [3.63, 3.8) is 0 Å². The molecule has 36 heavy (non-hydrogen) atoms. The molecule has 6 saturated carbocycles. The first-order chi connectivity index (χ1) is 16.8. The number of fused-ring (bicyclic) bond motifs is 9. The van der Waals surface area contributed by atoms with Crippen LogP contribution in [0.3, 0.4) is 0 Å². The Morgan fingerprint density at radius 1 is 0.750 bits per heavy atom. The maximum atomic E-state index is 13.3. The summed E-state index contributed by atoms with van der Waals surface area (Å²) >= 11 is 0. The van der Waals surface area contributed by atoms with E-state index in [1.165, 1.54) is 0 Å². The molecular weight excluding hydrogens is 456 g/mol. The smallest absolute Gasteiger partial charge is 0.334 e. The van der Waals surface area contributed by atoms with Crippen molar-refractivity contribution in [3.05, 3.63) is 46.6 Å². The average molecular weight is 491 g/mol. The van der Waals surface area contributed by atoms with Gasteiger partial charge in [-0.1, -0.05) is 38.2 Å². The van der Waals surface area contributed by atoms with E-state index in [2.05, 4.69) is 27.0 Å². The number of aliphatic hydroxyl groups is 2. The Kier molecular flexibility index (Phi) is 3.51. The molecule has 0 amide bonds. The highest BCUT2D eigenvalue weighted by atomic mass is 16.6. The van der Waals surface area contributed by atoms with E-state index in [9.17, 15) is 19.8 Å². The van der Waals surface area contributed by atoms with Crippen molar-refractivity contribution in [3.8, 4) is 0 Å². The lowest BCUT2D eigenvalue weighted by molar-refractivity contribution is -0.219. The van der Waals surface area contributed by atoms with Gasteiger partial charge in [0.1, 0.15) is 0 Å². The van der Waals surface area contributed by atoms with Crippen molar-refractivity contribution in [2.24, 2.45) is 46.3 Å². The first-order valence-corrected chi connectivity index (χ1v) is 13.5. The van der Waals surface area contributed by atoms with Gasteiger partial charge in [0.15, 0.2) is 11.2 Å². The monoisotopic (exact) mass is 490 g/mol. The van der Waals surface area contributed by atoms with E-state index in [1.54, 1.807) is 13.8 Å². The molecule has 0 saturated heterocycles. The number of hydrogen-bond donors (Lipinski definition) is 2. The van der Waals surface area contributed by atoms with E-state index >= 15 is 0 Å². The molecule has 8 aliphatic rings. The van der Waals surface area contributed by atoms with E-state index in [4.69, 9.17) is 9.47 Å². The number of hydrogen-bond acceptors (Lipinski definition) is 6.